The Morgan fingerprint density at radius 3 is 1.94 bits per heavy atom. The highest BCUT2D eigenvalue weighted by atomic mass is 19.1. The maximum atomic E-state index is 14.0. The molecular weight excluding hydrogens is 647 g/mol. The molecule has 2 heterocycles. The summed E-state index contributed by atoms with van der Waals surface area (Å²) in [6, 6.07) is 15.3. The molecule has 0 saturated heterocycles. The second-order valence-corrected chi connectivity index (χ2v) is 10.9. The number of halogens is 1. The van der Waals surface area contributed by atoms with E-state index in [-0.39, 0.29) is 52.4 Å². The van der Waals surface area contributed by atoms with Gasteiger partial charge in [0, 0.05) is 44.4 Å². The lowest BCUT2D eigenvalue weighted by Crippen LogP contribution is -2.24. The van der Waals surface area contributed by atoms with Gasteiger partial charge in [-0.25, -0.2) is 4.39 Å². The van der Waals surface area contributed by atoms with Gasteiger partial charge in [-0.05, 0) is 58.4 Å². The van der Waals surface area contributed by atoms with Crippen LogP contribution in [0, 0.1) is 12.7 Å². The van der Waals surface area contributed by atoms with E-state index in [1.807, 2.05) is 38.1 Å². The zero-order valence-electron chi connectivity index (χ0n) is 29.5. The number of ether oxygens (including phenoxy) is 3. The number of hydrogen-bond acceptors (Lipinski definition) is 7. The molecule has 0 spiro atoms. The third kappa shape index (κ3) is 9.43. The van der Waals surface area contributed by atoms with E-state index in [9.17, 15) is 23.6 Å². The maximum Gasteiger partial charge on any atom is 0.271 e. The molecule has 2 aromatic heterocycles. The molecular formula is C36H45FN6O7. The smallest absolute Gasteiger partial charge is 0.271 e. The molecule has 14 heteroatoms. The number of benzene rings is 2. The Balaban J connectivity index is 0.000000270. The van der Waals surface area contributed by atoms with E-state index < -0.39 is 17.8 Å². The lowest BCUT2D eigenvalue weighted by molar-refractivity contribution is 0.0934. The Morgan fingerprint density at radius 2 is 1.36 bits per heavy atom. The molecule has 0 saturated carbocycles. The van der Waals surface area contributed by atoms with Crippen molar-refractivity contribution in [2.24, 2.45) is 0 Å². The number of methoxy groups -OCH3 is 1. The SMILES string of the molecule is CCNC(=O)c1[nH]c(C(=O)NC)c(OC(C)c2ccccc2F)c1C.CCNC(=O)c1cc(OC(C)c2ccc(OC)cc2)c(C(=O)NC)[nH]1. The third-order valence-electron chi connectivity index (χ3n) is 7.56. The van der Waals surface area contributed by atoms with Crippen LogP contribution in [-0.4, -0.2) is 67.9 Å². The van der Waals surface area contributed by atoms with Crippen LogP contribution in [-0.2, 0) is 0 Å². The number of amides is 4. The van der Waals surface area contributed by atoms with Gasteiger partial charge in [0.1, 0.15) is 46.6 Å². The van der Waals surface area contributed by atoms with Gasteiger partial charge in [0.15, 0.2) is 11.5 Å². The van der Waals surface area contributed by atoms with Crippen molar-refractivity contribution >= 4 is 23.6 Å². The van der Waals surface area contributed by atoms with Crippen LogP contribution in [0.1, 0.15) is 98.5 Å². The molecule has 0 aliphatic heterocycles. The van der Waals surface area contributed by atoms with Gasteiger partial charge in [0.2, 0.25) is 0 Å². The highest BCUT2D eigenvalue weighted by Gasteiger charge is 2.26. The standard InChI is InChI=1S/C18H22FN3O3.C18H23N3O4/c1-5-21-18(24)14-10(2)16(15(22-14)17(23)20-4)25-11(3)12-8-6-7-9-13(12)19;1-5-20-17(22)14-10-15(16(21-14)18(23)19-3)25-11(2)12-6-8-13(24-4)9-7-12/h6-9,11,22H,5H2,1-4H3,(H,20,23)(H,21,24);6-11,21H,5H2,1-4H3,(H,19,23)(H,20,22). The van der Waals surface area contributed by atoms with E-state index in [0.29, 0.717) is 30.0 Å². The lowest BCUT2D eigenvalue weighted by atomic mass is 10.1. The van der Waals surface area contributed by atoms with Crippen molar-refractivity contribution in [2.75, 3.05) is 34.3 Å². The van der Waals surface area contributed by atoms with Crippen molar-refractivity contribution in [1.82, 2.24) is 31.2 Å². The largest absolute Gasteiger partial charge is 0.497 e. The van der Waals surface area contributed by atoms with E-state index in [1.54, 1.807) is 46.1 Å². The topological polar surface area (TPSA) is 176 Å². The number of hydrogen-bond donors (Lipinski definition) is 6. The minimum atomic E-state index is -0.638. The molecule has 0 fully saturated rings. The molecule has 50 heavy (non-hydrogen) atoms. The fourth-order valence-electron chi connectivity index (χ4n) is 4.86. The maximum absolute atomic E-state index is 14.0. The normalized spacial score (nSPS) is 11.6. The van der Waals surface area contributed by atoms with Crippen LogP contribution in [0.2, 0.25) is 0 Å². The monoisotopic (exact) mass is 692 g/mol. The van der Waals surface area contributed by atoms with E-state index in [1.165, 1.54) is 26.2 Å². The Bertz CT molecular complexity index is 1780. The summed E-state index contributed by atoms with van der Waals surface area (Å²) in [7, 11) is 4.60. The Morgan fingerprint density at radius 1 is 0.760 bits per heavy atom. The number of aromatic amines is 2. The van der Waals surface area contributed by atoms with Crippen molar-refractivity contribution in [3.8, 4) is 17.2 Å². The van der Waals surface area contributed by atoms with Crippen LogP contribution in [0.15, 0.2) is 54.6 Å². The number of carbonyl (C=O) groups excluding carboxylic acids is 4. The third-order valence-corrected chi connectivity index (χ3v) is 7.56. The summed E-state index contributed by atoms with van der Waals surface area (Å²) < 4.78 is 30.9. The van der Waals surface area contributed by atoms with Crippen LogP contribution in [0.5, 0.6) is 17.2 Å². The van der Waals surface area contributed by atoms with Gasteiger partial charge < -0.3 is 45.4 Å². The molecule has 6 N–H and O–H groups in total. The van der Waals surface area contributed by atoms with Crippen LogP contribution >= 0.6 is 0 Å². The minimum absolute atomic E-state index is 0.129. The molecule has 4 amide bonds. The Labute approximate surface area is 290 Å². The average molecular weight is 693 g/mol. The highest BCUT2D eigenvalue weighted by Crippen LogP contribution is 2.32. The fourth-order valence-corrected chi connectivity index (χ4v) is 4.86. The molecule has 2 atom stereocenters. The van der Waals surface area contributed by atoms with Crippen molar-refractivity contribution in [2.45, 2.75) is 46.8 Å². The van der Waals surface area contributed by atoms with E-state index in [2.05, 4.69) is 31.2 Å². The second kappa shape index (κ2) is 18.1. The summed E-state index contributed by atoms with van der Waals surface area (Å²) in [6.45, 7) is 9.80. The van der Waals surface area contributed by atoms with Crippen molar-refractivity contribution < 1.29 is 37.8 Å². The van der Waals surface area contributed by atoms with Crippen LogP contribution < -0.4 is 35.5 Å². The molecule has 0 bridgehead atoms. The van der Waals surface area contributed by atoms with E-state index in [0.717, 1.165) is 11.3 Å². The van der Waals surface area contributed by atoms with Crippen LogP contribution in [0.3, 0.4) is 0 Å². The summed E-state index contributed by atoms with van der Waals surface area (Å²) in [5.41, 5.74) is 2.64. The Hall–Kier alpha value is -5.79. The van der Waals surface area contributed by atoms with Gasteiger partial charge in [-0.2, -0.15) is 0 Å². The highest BCUT2D eigenvalue weighted by molar-refractivity contribution is 6.01. The van der Waals surface area contributed by atoms with E-state index >= 15 is 0 Å². The van der Waals surface area contributed by atoms with Gasteiger partial charge in [-0.1, -0.05) is 30.3 Å². The molecule has 0 aliphatic rings. The summed E-state index contributed by atoms with van der Waals surface area (Å²) in [4.78, 5) is 54.0. The molecule has 13 nitrogen and oxygen atoms in total. The van der Waals surface area contributed by atoms with Gasteiger partial charge in [0.05, 0.1) is 7.11 Å². The molecule has 0 aliphatic carbocycles. The first-order valence-corrected chi connectivity index (χ1v) is 16.1. The lowest BCUT2D eigenvalue weighted by Gasteiger charge is -2.16. The first-order valence-electron chi connectivity index (χ1n) is 16.1. The fraction of sp³-hybridized carbons (Fsp3) is 0.333. The first-order chi connectivity index (χ1) is 23.9. The number of carbonyl (C=O) groups is 4. The number of rotatable bonds is 13. The predicted molar refractivity (Wildman–Crippen MR) is 187 cm³/mol. The zero-order chi connectivity index (χ0) is 37.0. The van der Waals surface area contributed by atoms with Gasteiger partial charge in [-0.3, -0.25) is 19.2 Å². The minimum Gasteiger partial charge on any atom is -0.497 e. The molecule has 2 aromatic carbocycles. The predicted octanol–water partition coefficient (Wildman–Crippen LogP) is 4.98. The second-order valence-electron chi connectivity index (χ2n) is 10.9. The van der Waals surface area contributed by atoms with Crippen molar-refractivity contribution in [1.29, 1.82) is 0 Å². The first kappa shape index (κ1) is 38.7. The molecule has 4 rings (SSSR count). The summed E-state index contributed by atoms with van der Waals surface area (Å²) >= 11 is 0. The number of nitrogens with one attached hydrogen (secondary N) is 6. The Kier molecular flexibility index (Phi) is 14.0. The van der Waals surface area contributed by atoms with Crippen LogP contribution in [0.4, 0.5) is 4.39 Å². The summed E-state index contributed by atoms with van der Waals surface area (Å²) in [6.07, 6.45) is -0.951. The van der Waals surface area contributed by atoms with Crippen molar-refractivity contribution in [3.63, 3.8) is 0 Å². The summed E-state index contributed by atoms with van der Waals surface area (Å²) in [5.74, 6) is -0.490. The number of H-pyrrole nitrogens is 2. The number of aromatic nitrogens is 2. The van der Waals surface area contributed by atoms with Gasteiger partial charge in [-0.15, -0.1) is 0 Å². The zero-order valence-corrected chi connectivity index (χ0v) is 29.5. The van der Waals surface area contributed by atoms with Gasteiger partial charge >= 0.3 is 0 Å². The summed E-state index contributed by atoms with van der Waals surface area (Å²) in [5, 5.41) is 10.4. The molecule has 2 unspecified atom stereocenters. The molecule has 4 aromatic rings. The molecule has 268 valence electrons. The molecule has 0 radical (unpaired) electrons. The van der Waals surface area contributed by atoms with E-state index in [4.69, 9.17) is 14.2 Å². The average Bonchev–Trinajstić information content (AvgIpc) is 3.69. The van der Waals surface area contributed by atoms with Gasteiger partial charge in [0.25, 0.3) is 23.6 Å². The quantitative estimate of drug-likeness (QED) is 0.115. The van der Waals surface area contributed by atoms with Crippen LogP contribution in [0.25, 0.3) is 0 Å². The van der Waals surface area contributed by atoms with Crippen molar-refractivity contribution in [3.05, 3.63) is 99.9 Å².